The van der Waals surface area contributed by atoms with Crippen LogP contribution in [-0.2, 0) is 6.54 Å². The van der Waals surface area contributed by atoms with E-state index in [0.717, 1.165) is 48.0 Å². The van der Waals surface area contributed by atoms with E-state index in [1.165, 1.54) is 25.0 Å². The van der Waals surface area contributed by atoms with Crippen LogP contribution in [0.2, 0.25) is 0 Å². The third-order valence-corrected chi connectivity index (χ3v) is 7.37. The van der Waals surface area contributed by atoms with Gasteiger partial charge >= 0.3 is 0 Å². The third kappa shape index (κ3) is 3.39. The molecule has 29 heavy (non-hydrogen) atoms. The maximum Gasteiger partial charge on any atom is 0.182 e. The first-order valence-electron chi connectivity index (χ1n) is 10.3. The molecule has 2 atom stereocenters. The van der Waals surface area contributed by atoms with Gasteiger partial charge in [0.2, 0.25) is 0 Å². The zero-order chi connectivity index (χ0) is 19.8. The lowest BCUT2D eigenvalue weighted by atomic mass is 9.62. The van der Waals surface area contributed by atoms with Crippen LogP contribution in [0, 0.1) is 17.2 Å². The van der Waals surface area contributed by atoms with Crippen LogP contribution >= 0.6 is 11.3 Å². The van der Waals surface area contributed by atoms with Crippen molar-refractivity contribution in [1.82, 2.24) is 14.5 Å². The van der Waals surface area contributed by atoms with Crippen LogP contribution in [-0.4, -0.2) is 21.1 Å². The minimum atomic E-state index is -0.214. The monoisotopic (exact) mass is 408 g/mol. The second-order valence-corrected chi connectivity index (χ2v) is 9.24. The summed E-state index contributed by atoms with van der Waals surface area (Å²) < 4.78 is 15.6. The molecule has 1 aliphatic heterocycles. The van der Waals surface area contributed by atoms with Crippen LogP contribution in [0.5, 0.6) is 0 Å². The average molecular weight is 409 g/mol. The van der Waals surface area contributed by atoms with Crippen molar-refractivity contribution in [3.8, 4) is 11.3 Å². The smallest absolute Gasteiger partial charge is 0.182 e. The summed E-state index contributed by atoms with van der Waals surface area (Å²) in [7, 11) is 0. The molecule has 150 valence electrons. The zero-order valence-corrected chi connectivity index (χ0v) is 17.4. The number of hydrogen-bond acceptors (Lipinski definition) is 4. The van der Waals surface area contributed by atoms with Crippen molar-refractivity contribution >= 4 is 22.5 Å². The van der Waals surface area contributed by atoms with Gasteiger partial charge in [0.05, 0.1) is 17.7 Å². The number of hydrogen-bond donors (Lipinski definition) is 1. The van der Waals surface area contributed by atoms with Gasteiger partial charge < -0.3 is 9.88 Å². The Balaban J connectivity index is 1.39. The van der Waals surface area contributed by atoms with Gasteiger partial charge in [0.25, 0.3) is 0 Å². The lowest BCUT2D eigenvalue weighted by Gasteiger charge is -2.46. The lowest BCUT2D eigenvalue weighted by Crippen LogP contribution is -2.40. The number of aromatic nitrogens is 3. The molecule has 1 aliphatic carbocycles. The molecular weight excluding hydrogens is 383 g/mol. The van der Waals surface area contributed by atoms with Gasteiger partial charge in [-0.2, -0.15) is 0 Å². The number of thiazole rings is 1. The van der Waals surface area contributed by atoms with Gasteiger partial charge in [0.15, 0.2) is 5.13 Å². The van der Waals surface area contributed by atoms with Crippen molar-refractivity contribution in [3.05, 3.63) is 59.3 Å². The molecule has 0 bridgehead atoms. The fourth-order valence-corrected chi connectivity index (χ4v) is 5.58. The van der Waals surface area contributed by atoms with E-state index in [1.807, 2.05) is 30.0 Å². The van der Waals surface area contributed by atoms with Crippen molar-refractivity contribution < 1.29 is 4.39 Å². The highest BCUT2D eigenvalue weighted by Gasteiger charge is 2.42. The summed E-state index contributed by atoms with van der Waals surface area (Å²) in [5.41, 5.74) is 4.79. The fourth-order valence-electron chi connectivity index (χ4n) is 5.02. The maximum absolute atomic E-state index is 13.3. The molecule has 2 aromatic heterocycles. The standard InChI is InChI=1S/C23H25FN4S/c1-23-14-28-15-27-21(16-5-7-19(24)8-6-16)20(28)13-18(23)4-2-3-17(23)9-10-25-22-26-11-12-29-22/h5-8,11-13,15,17H,2-4,9-10,14H2,1H3,(H,25,26)/t17-,23-/m1/s1. The molecule has 0 saturated heterocycles. The highest BCUT2D eigenvalue weighted by molar-refractivity contribution is 7.13. The molecule has 1 saturated carbocycles. The fraction of sp³-hybridized carbons (Fsp3) is 0.391. The summed E-state index contributed by atoms with van der Waals surface area (Å²) >= 11 is 1.65. The van der Waals surface area contributed by atoms with Crippen LogP contribution in [0.15, 0.2) is 47.7 Å². The molecule has 1 N–H and O–H groups in total. The number of nitrogens with one attached hydrogen (secondary N) is 1. The Kier molecular flexibility index (Phi) is 4.74. The average Bonchev–Trinajstić information content (AvgIpc) is 3.37. The molecule has 3 aromatic rings. The summed E-state index contributed by atoms with van der Waals surface area (Å²) in [5, 5.41) is 6.48. The molecule has 6 heteroatoms. The first-order valence-corrected chi connectivity index (χ1v) is 11.2. The predicted molar refractivity (Wildman–Crippen MR) is 116 cm³/mol. The highest BCUT2D eigenvalue weighted by atomic mass is 32.1. The summed E-state index contributed by atoms with van der Waals surface area (Å²) in [5.74, 6) is 0.425. The number of nitrogens with zero attached hydrogens (tertiary/aromatic N) is 3. The van der Waals surface area contributed by atoms with Gasteiger partial charge in [-0.1, -0.05) is 12.5 Å². The maximum atomic E-state index is 13.3. The van der Waals surface area contributed by atoms with E-state index in [-0.39, 0.29) is 11.2 Å². The molecule has 1 aromatic carbocycles. The van der Waals surface area contributed by atoms with Crippen LogP contribution in [0.3, 0.4) is 0 Å². The van der Waals surface area contributed by atoms with E-state index in [4.69, 9.17) is 0 Å². The SMILES string of the molecule is C[C@]12Cn3cnc(-c4ccc(F)cc4)c3C=C1CCC[C@@H]2CCNc1nccs1. The molecule has 0 amide bonds. The Morgan fingerprint density at radius 3 is 2.93 bits per heavy atom. The molecule has 1 fully saturated rings. The van der Waals surface area contributed by atoms with Crippen molar-refractivity contribution in [2.45, 2.75) is 39.2 Å². The number of halogens is 1. The summed E-state index contributed by atoms with van der Waals surface area (Å²) in [6.07, 6.45) is 11.0. The molecule has 4 nitrogen and oxygen atoms in total. The Morgan fingerprint density at radius 1 is 1.28 bits per heavy atom. The third-order valence-electron chi connectivity index (χ3n) is 6.64. The van der Waals surface area contributed by atoms with Crippen LogP contribution < -0.4 is 5.32 Å². The van der Waals surface area contributed by atoms with Gasteiger partial charge in [-0.3, -0.25) is 0 Å². The van der Waals surface area contributed by atoms with Crippen LogP contribution in [0.25, 0.3) is 17.3 Å². The Morgan fingerprint density at radius 2 is 2.14 bits per heavy atom. The molecular formula is C23H25FN4S. The van der Waals surface area contributed by atoms with Crippen molar-refractivity contribution in [2.24, 2.45) is 11.3 Å². The van der Waals surface area contributed by atoms with Gasteiger partial charge in [-0.05, 0) is 61.9 Å². The van der Waals surface area contributed by atoms with Crippen molar-refractivity contribution in [1.29, 1.82) is 0 Å². The Hall–Kier alpha value is -2.47. The van der Waals surface area contributed by atoms with Gasteiger partial charge in [0, 0.05) is 35.6 Å². The van der Waals surface area contributed by atoms with E-state index in [1.54, 1.807) is 16.9 Å². The second-order valence-electron chi connectivity index (χ2n) is 8.34. The van der Waals surface area contributed by atoms with Gasteiger partial charge in [0.1, 0.15) is 5.82 Å². The molecule has 0 radical (unpaired) electrons. The molecule has 3 heterocycles. The minimum absolute atomic E-state index is 0.163. The number of allylic oxidation sites excluding steroid dienone is 1. The number of rotatable bonds is 5. The van der Waals surface area contributed by atoms with Crippen LogP contribution in [0.4, 0.5) is 9.52 Å². The topological polar surface area (TPSA) is 42.7 Å². The van der Waals surface area contributed by atoms with E-state index in [0.29, 0.717) is 5.92 Å². The Bertz CT molecular complexity index is 1020. The molecule has 0 spiro atoms. The minimum Gasteiger partial charge on any atom is -0.362 e. The van der Waals surface area contributed by atoms with Gasteiger partial charge in [-0.15, -0.1) is 11.3 Å². The van der Waals surface area contributed by atoms with Gasteiger partial charge in [-0.25, -0.2) is 14.4 Å². The van der Waals surface area contributed by atoms with Crippen LogP contribution in [0.1, 0.15) is 38.3 Å². The predicted octanol–water partition coefficient (Wildman–Crippen LogP) is 5.85. The van der Waals surface area contributed by atoms with Crippen molar-refractivity contribution in [3.63, 3.8) is 0 Å². The highest BCUT2D eigenvalue weighted by Crippen LogP contribution is 2.51. The first-order chi connectivity index (χ1) is 14.1. The molecule has 0 unspecified atom stereocenters. The van der Waals surface area contributed by atoms with E-state index in [2.05, 4.69) is 32.9 Å². The lowest BCUT2D eigenvalue weighted by molar-refractivity contribution is 0.146. The van der Waals surface area contributed by atoms with E-state index >= 15 is 0 Å². The quantitative estimate of drug-likeness (QED) is 0.576. The number of imidazole rings is 1. The Labute approximate surface area is 174 Å². The first kappa shape index (κ1) is 18.6. The van der Waals surface area contributed by atoms with E-state index < -0.39 is 0 Å². The number of benzene rings is 1. The van der Waals surface area contributed by atoms with E-state index in [9.17, 15) is 4.39 Å². The number of fused-ring (bicyclic) bond motifs is 2. The number of anilines is 1. The normalized spacial score (nSPS) is 23.2. The summed E-state index contributed by atoms with van der Waals surface area (Å²) in [6.45, 7) is 4.34. The second kappa shape index (κ2) is 7.41. The molecule has 5 rings (SSSR count). The van der Waals surface area contributed by atoms with Crippen molar-refractivity contribution in [2.75, 3.05) is 11.9 Å². The largest absolute Gasteiger partial charge is 0.362 e. The zero-order valence-electron chi connectivity index (χ0n) is 16.6. The molecule has 2 aliphatic rings. The summed E-state index contributed by atoms with van der Waals surface area (Å²) in [4.78, 5) is 9.01. The summed E-state index contributed by atoms with van der Waals surface area (Å²) in [6, 6.07) is 6.65.